The Morgan fingerprint density at radius 1 is 1.00 bits per heavy atom. The molecule has 3 aromatic carbocycles. The summed E-state index contributed by atoms with van der Waals surface area (Å²) < 4.78 is 13.6. The molecule has 4 rings (SSSR count). The summed E-state index contributed by atoms with van der Waals surface area (Å²) in [5, 5.41) is 9.29. The number of carbonyl (C=O) groups is 1. The van der Waals surface area contributed by atoms with Crippen molar-refractivity contribution in [1.29, 1.82) is 0 Å². The summed E-state index contributed by atoms with van der Waals surface area (Å²) in [5.74, 6) is -0.631. The third-order valence-corrected chi connectivity index (χ3v) is 4.64. The number of carbonyl (C=O) groups excluding carboxylic acids is 1. The van der Waals surface area contributed by atoms with Crippen molar-refractivity contribution >= 4 is 28.6 Å². The number of fused-ring (bicyclic) bond motifs is 1. The number of hydrogen-bond donors (Lipinski definition) is 3. The molecule has 3 aromatic rings. The van der Waals surface area contributed by atoms with Crippen LogP contribution in [-0.2, 0) is 11.3 Å². The zero-order valence-corrected chi connectivity index (χ0v) is 15.4. The number of benzene rings is 3. The molecular formula is C23H20FN3O. The third kappa shape index (κ3) is 3.52. The Labute approximate surface area is 163 Å². The van der Waals surface area contributed by atoms with Crippen LogP contribution < -0.4 is 16.0 Å². The van der Waals surface area contributed by atoms with E-state index in [0.717, 1.165) is 17.8 Å². The number of amides is 1. The molecule has 140 valence electrons. The SMILES string of the molecule is CNCc1ccc(N/C(=C2\C(=O)Nc3cc(F)ccc32)c2ccccc2)cc1. The van der Waals surface area contributed by atoms with E-state index in [-0.39, 0.29) is 11.7 Å². The second kappa shape index (κ2) is 7.66. The van der Waals surface area contributed by atoms with Crippen molar-refractivity contribution in [2.24, 2.45) is 0 Å². The topological polar surface area (TPSA) is 53.2 Å². The van der Waals surface area contributed by atoms with Crippen LogP contribution in [-0.4, -0.2) is 13.0 Å². The van der Waals surface area contributed by atoms with Gasteiger partial charge in [-0.15, -0.1) is 0 Å². The molecule has 0 atom stereocenters. The normalized spacial score (nSPS) is 14.4. The van der Waals surface area contributed by atoms with E-state index in [2.05, 4.69) is 16.0 Å². The average Bonchev–Trinajstić information content (AvgIpc) is 3.03. The van der Waals surface area contributed by atoms with Crippen molar-refractivity contribution in [3.05, 3.63) is 95.3 Å². The molecule has 0 aromatic heterocycles. The molecular weight excluding hydrogens is 353 g/mol. The molecule has 0 radical (unpaired) electrons. The largest absolute Gasteiger partial charge is 0.354 e. The average molecular weight is 373 g/mol. The lowest BCUT2D eigenvalue weighted by Gasteiger charge is -2.15. The lowest BCUT2D eigenvalue weighted by molar-refractivity contribution is -0.110. The predicted molar refractivity (Wildman–Crippen MR) is 111 cm³/mol. The highest BCUT2D eigenvalue weighted by Gasteiger charge is 2.28. The zero-order chi connectivity index (χ0) is 19.5. The van der Waals surface area contributed by atoms with Gasteiger partial charge in [-0.2, -0.15) is 0 Å². The van der Waals surface area contributed by atoms with Gasteiger partial charge in [0, 0.05) is 17.8 Å². The van der Waals surface area contributed by atoms with E-state index in [1.54, 1.807) is 6.07 Å². The zero-order valence-electron chi connectivity index (χ0n) is 15.4. The molecule has 1 aliphatic heterocycles. The Balaban J connectivity index is 1.81. The lowest BCUT2D eigenvalue weighted by atomic mass is 10.00. The molecule has 28 heavy (non-hydrogen) atoms. The number of nitrogens with one attached hydrogen (secondary N) is 3. The Morgan fingerprint density at radius 2 is 1.75 bits per heavy atom. The van der Waals surface area contributed by atoms with E-state index in [1.807, 2.05) is 61.6 Å². The highest BCUT2D eigenvalue weighted by Crippen LogP contribution is 2.37. The van der Waals surface area contributed by atoms with Crippen LogP contribution in [0.5, 0.6) is 0 Å². The maximum atomic E-state index is 13.6. The number of halogens is 1. The maximum Gasteiger partial charge on any atom is 0.258 e. The summed E-state index contributed by atoms with van der Waals surface area (Å²) in [7, 11) is 1.91. The Kier molecular flexibility index (Phi) is 4.91. The fraction of sp³-hybridized carbons (Fsp3) is 0.0870. The van der Waals surface area contributed by atoms with Gasteiger partial charge in [-0.25, -0.2) is 4.39 Å². The van der Waals surface area contributed by atoms with Crippen molar-refractivity contribution in [3.63, 3.8) is 0 Å². The Bertz CT molecular complexity index is 1040. The molecule has 1 amide bonds. The first kappa shape index (κ1) is 17.9. The summed E-state index contributed by atoms with van der Waals surface area (Å²) in [6, 6.07) is 22.0. The maximum absolute atomic E-state index is 13.6. The van der Waals surface area contributed by atoms with Crippen LogP contribution in [0, 0.1) is 5.82 Å². The molecule has 0 spiro atoms. The van der Waals surface area contributed by atoms with Crippen molar-refractivity contribution in [1.82, 2.24) is 5.32 Å². The Hall–Kier alpha value is -3.44. The summed E-state index contributed by atoms with van der Waals surface area (Å²) >= 11 is 0. The van der Waals surface area contributed by atoms with E-state index >= 15 is 0 Å². The van der Waals surface area contributed by atoms with Crippen LogP contribution in [0.4, 0.5) is 15.8 Å². The Morgan fingerprint density at radius 3 is 2.46 bits per heavy atom. The van der Waals surface area contributed by atoms with Crippen LogP contribution in [0.3, 0.4) is 0 Å². The number of rotatable bonds is 5. The minimum atomic E-state index is -0.380. The molecule has 4 nitrogen and oxygen atoms in total. The van der Waals surface area contributed by atoms with Gasteiger partial charge in [0.25, 0.3) is 5.91 Å². The molecule has 0 bridgehead atoms. The van der Waals surface area contributed by atoms with Gasteiger partial charge < -0.3 is 16.0 Å². The van der Waals surface area contributed by atoms with Gasteiger partial charge in [0.15, 0.2) is 0 Å². The van der Waals surface area contributed by atoms with Crippen molar-refractivity contribution in [2.75, 3.05) is 17.7 Å². The molecule has 1 heterocycles. The number of hydrogen-bond acceptors (Lipinski definition) is 3. The minimum Gasteiger partial charge on any atom is -0.354 e. The third-order valence-electron chi connectivity index (χ3n) is 4.64. The monoisotopic (exact) mass is 373 g/mol. The van der Waals surface area contributed by atoms with Crippen LogP contribution in [0.15, 0.2) is 72.8 Å². The van der Waals surface area contributed by atoms with E-state index in [9.17, 15) is 9.18 Å². The first-order valence-corrected chi connectivity index (χ1v) is 9.07. The quantitative estimate of drug-likeness (QED) is 0.578. The summed E-state index contributed by atoms with van der Waals surface area (Å²) in [6.45, 7) is 0.786. The van der Waals surface area contributed by atoms with Crippen LogP contribution >= 0.6 is 0 Å². The summed E-state index contributed by atoms with van der Waals surface area (Å²) in [5.41, 5.74) is 5.27. The highest BCUT2D eigenvalue weighted by molar-refractivity contribution is 6.37. The van der Waals surface area contributed by atoms with Crippen molar-refractivity contribution in [2.45, 2.75) is 6.54 Å². The first-order valence-electron chi connectivity index (χ1n) is 9.07. The fourth-order valence-corrected chi connectivity index (χ4v) is 3.33. The van der Waals surface area contributed by atoms with E-state index in [4.69, 9.17) is 0 Å². The van der Waals surface area contributed by atoms with Gasteiger partial charge in [-0.1, -0.05) is 42.5 Å². The molecule has 1 aliphatic rings. The fourth-order valence-electron chi connectivity index (χ4n) is 3.33. The number of anilines is 2. The van der Waals surface area contributed by atoms with Crippen LogP contribution in [0.1, 0.15) is 16.7 Å². The standard InChI is InChI=1S/C23H20FN3O/c1-25-14-15-7-10-18(11-8-15)26-22(16-5-3-2-4-6-16)21-19-12-9-17(24)13-20(19)27-23(21)28/h2-13,25-26H,14H2,1H3,(H,27,28)/b22-21-. The van der Waals surface area contributed by atoms with Gasteiger partial charge in [-0.3, -0.25) is 4.79 Å². The van der Waals surface area contributed by atoms with Gasteiger partial charge in [0.2, 0.25) is 0 Å². The van der Waals surface area contributed by atoms with E-state index in [1.165, 1.54) is 17.7 Å². The summed E-state index contributed by atoms with van der Waals surface area (Å²) in [4.78, 5) is 12.7. The van der Waals surface area contributed by atoms with E-state index in [0.29, 0.717) is 22.5 Å². The molecule has 0 unspecified atom stereocenters. The highest BCUT2D eigenvalue weighted by atomic mass is 19.1. The smallest absolute Gasteiger partial charge is 0.258 e. The van der Waals surface area contributed by atoms with Gasteiger partial charge in [0.05, 0.1) is 17.0 Å². The predicted octanol–water partition coefficient (Wildman–Crippen LogP) is 4.48. The second-order valence-corrected chi connectivity index (χ2v) is 6.61. The first-order chi connectivity index (χ1) is 13.7. The lowest BCUT2D eigenvalue weighted by Crippen LogP contribution is -2.10. The van der Waals surface area contributed by atoms with Crippen molar-refractivity contribution in [3.8, 4) is 0 Å². The molecule has 3 N–H and O–H groups in total. The molecule has 0 aliphatic carbocycles. The second-order valence-electron chi connectivity index (χ2n) is 6.61. The van der Waals surface area contributed by atoms with Gasteiger partial charge in [-0.05, 0) is 48.5 Å². The van der Waals surface area contributed by atoms with Crippen LogP contribution in [0.25, 0.3) is 11.3 Å². The van der Waals surface area contributed by atoms with Gasteiger partial charge >= 0.3 is 0 Å². The molecule has 0 fully saturated rings. The minimum absolute atomic E-state index is 0.251. The summed E-state index contributed by atoms with van der Waals surface area (Å²) in [6.07, 6.45) is 0. The van der Waals surface area contributed by atoms with Gasteiger partial charge in [0.1, 0.15) is 5.82 Å². The van der Waals surface area contributed by atoms with Crippen molar-refractivity contribution < 1.29 is 9.18 Å². The molecule has 0 saturated heterocycles. The van der Waals surface area contributed by atoms with E-state index < -0.39 is 0 Å². The van der Waals surface area contributed by atoms with Crippen LogP contribution in [0.2, 0.25) is 0 Å². The molecule has 0 saturated carbocycles. The molecule has 5 heteroatoms.